The second-order valence-electron chi connectivity index (χ2n) is 8.40. The number of hydrogen-bond donors (Lipinski definition) is 0. The number of rotatable bonds is 10. The Bertz CT molecular complexity index is 1270. The van der Waals surface area contributed by atoms with Crippen LogP contribution in [0.3, 0.4) is 0 Å². The summed E-state index contributed by atoms with van der Waals surface area (Å²) in [5.74, 6) is 0.936. The maximum Gasteiger partial charge on any atom is 0.598 e. The van der Waals surface area contributed by atoms with Crippen LogP contribution in [0.4, 0.5) is 0 Å². The average Bonchev–Trinajstić information content (AvgIpc) is 2.85. The van der Waals surface area contributed by atoms with Gasteiger partial charge in [-0.25, -0.2) is 9.13 Å². The Morgan fingerprint density at radius 2 is 0.622 bits per heavy atom. The van der Waals surface area contributed by atoms with Crippen molar-refractivity contribution in [3.8, 4) is 23.0 Å². The van der Waals surface area contributed by atoms with Crippen LogP contribution in [0, 0.1) is 27.7 Å². The molecule has 0 atom stereocenters. The van der Waals surface area contributed by atoms with Crippen LogP contribution in [-0.4, -0.2) is 0 Å². The molecule has 0 aromatic heterocycles. The Balaban J connectivity index is 1.78. The van der Waals surface area contributed by atoms with E-state index in [1.165, 1.54) is 0 Å². The van der Waals surface area contributed by atoms with E-state index in [2.05, 4.69) is 0 Å². The van der Waals surface area contributed by atoms with Crippen molar-refractivity contribution in [1.29, 1.82) is 0 Å². The van der Waals surface area contributed by atoms with Gasteiger partial charge in [-0.2, -0.15) is 0 Å². The summed E-state index contributed by atoms with van der Waals surface area (Å²) in [4.78, 5) is 0. The highest BCUT2D eigenvalue weighted by Gasteiger charge is 2.47. The van der Waals surface area contributed by atoms with Crippen LogP contribution in [0.2, 0.25) is 0 Å². The summed E-state index contributed by atoms with van der Waals surface area (Å²) in [6.07, 6.45) is 0. The number of phosphoric ester groups is 2. The lowest BCUT2D eigenvalue weighted by molar-refractivity contribution is 0.242. The molecular formula is C28H28O7P2. The summed E-state index contributed by atoms with van der Waals surface area (Å²) >= 11 is 0. The van der Waals surface area contributed by atoms with Crippen LogP contribution in [0.15, 0.2) is 97.1 Å². The highest BCUT2D eigenvalue weighted by molar-refractivity contribution is 7.63. The van der Waals surface area contributed by atoms with Gasteiger partial charge in [0, 0.05) is 0 Å². The zero-order valence-electron chi connectivity index (χ0n) is 21.0. The molecule has 0 saturated carbocycles. The summed E-state index contributed by atoms with van der Waals surface area (Å²) in [5.41, 5.74) is 2.70. The van der Waals surface area contributed by atoms with E-state index in [-0.39, 0.29) is 23.0 Å². The summed E-state index contributed by atoms with van der Waals surface area (Å²) in [6.45, 7) is 7.11. The number of benzene rings is 4. The molecule has 0 N–H and O–H groups in total. The maximum absolute atomic E-state index is 14.2. The molecule has 0 radical (unpaired) electrons. The van der Waals surface area contributed by atoms with Gasteiger partial charge in [0.25, 0.3) is 0 Å². The molecule has 4 rings (SSSR count). The molecule has 9 heteroatoms. The number of phosphoric acid groups is 2. The minimum Gasteiger partial charge on any atom is -0.394 e. The van der Waals surface area contributed by atoms with E-state index in [1.807, 2.05) is 24.3 Å². The van der Waals surface area contributed by atoms with E-state index >= 15 is 0 Å². The third-order valence-corrected chi connectivity index (χ3v) is 8.70. The van der Waals surface area contributed by atoms with Crippen molar-refractivity contribution in [1.82, 2.24) is 0 Å². The summed E-state index contributed by atoms with van der Waals surface area (Å²) in [7, 11) is -9.31. The highest BCUT2D eigenvalue weighted by atomic mass is 31.3. The quantitative estimate of drug-likeness (QED) is 0.187. The molecule has 0 heterocycles. The molecule has 7 nitrogen and oxygen atoms in total. The SMILES string of the molecule is Cc1ccccc1OP(=O)(Oc1ccccc1C)OP(=O)(Oc1ccccc1C)Oc1ccccc1C. The van der Waals surface area contributed by atoms with E-state index in [0.717, 1.165) is 0 Å². The molecule has 0 saturated heterocycles. The molecule has 0 aliphatic heterocycles. The first-order valence-electron chi connectivity index (χ1n) is 11.6. The van der Waals surface area contributed by atoms with Crippen LogP contribution >= 0.6 is 15.6 Å². The first-order chi connectivity index (χ1) is 17.7. The second-order valence-corrected chi connectivity index (χ2v) is 11.6. The van der Waals surface area contributed by atoms with Gasteiger partial charge in [0.1, 0.15) is 23.0 Å². The smallest absolute Gasteiger partial charge is 0.394 e. The molecule has 37 heavy (non-hydrogen) atoms. The summed E-state index contributed by atoms with van der Waals surface area (Å²) in [5, 5.41) is 0. The first-order valence-corrected chi connectivity index (χ1v) is 14.5. The molecule has 4 aromatic carbocycles. The van der Waals surface area contributed by atoms with Crippen molar-refractivity contribution in [3.05, 3.63) is 119 Å². The second kappa shape index (κ2) is 11.3. The zero-order chi connectivity index (χ0) is 26.5. The summed E-state index contributed by atoms with van der Waals surface area (Å²) in [6, 6.07) is 27.7. The van der Waals surface area contributed by atoms with Gasteiger partial charge in [-0.3, -0.25) is 0 Å². The molecule has 0 aliphatic carbocycles. The molecule has 0 bridgehead atoms. The van der Waals surface area contributed by atoms with Crippen molar-refractivity contribution in [3.63, 3.8) is 0 Å². The van der Waals surface area contributed by atoms with Crippen molar-refractivity contribution < 1.29 is 31.5 Å². The largest absolute Gasteiger partial charge is 0.598 e. The lowest BCUT2D eigenvalue weighted by atomic mass is 10.2. The van der Waals surface area contributed by atoms with Crippen molar-refractivity contribution in [2.45, 2.75) is 27.7 Å². The van der Waals surface area contributed by atoms with Crippen LogP contribution in [-0.2, 0) is 13.4 Å². The molecule has 0 aliphatic rings. The van der Waals surface area contributed by atoms with Gasteiger partial charge >= 0.3 is 15.6 Å². The van der Waals surface area contributed by atoms with Crippen molar-refractivity contribution in [2.24, 2.45) is 0 Å². The Morgan fingerprint density at radius 1 is 0.405 bits per heavy atom. The topological polar surface area (TPSA) is 80.3 Å². The van der Waals surface area contributed by atoms with E-state index in [0.29, 0.717) is 22.3 Å². The van der Waals surface area contributed by atoms with Gasteiger partial charge in [-0.15, -0.1) is 4.31 Å². The number of hydrogen-bond acceptors (Lipinski definition) is 7. The molecule has 0 spiro atoms. The van der Waals surface area contributed by atoms with E-state index in [4.69, 9.17) is 22.4 Å². The third kappa shape index (κ3) is 6.84. The van der Waals surface area contributed by atoms with E-state index in [9.17, 15) is 9.13 Å². The van der Waals surface area contributed by atoms with Crippen LogP contribution < -0.4 is 18.1 Å². The minimum absolute atomic E-state index is 0.234. The predicted molar refractivity (Wildman–Crippen MR) is 144 cm³/mol. The molecular weight excluding hydrogens is 510 g/mol. The number of para-hydroxylation sites is 4. The van der Waals surface area contributed by atoms with Gasteiger partial charge in [0.15, 0.2) is 0 Å². The highest BCUT2D eigenvalue weighted by Crippen LogP contribution is 2.65. The van der Waals surface area contributed by atoms with Gasteiger partial charge in [0.2, 0.25) is 0 Å². The fraction of sp³-hybridized carbons (Fsp3) is 0.143. The van der Waals surface area contributed by atoms with Gasteiger partial charge in [-0.1, -0.05) is 72.8 Å². The van der Waals surface area contributed by atoms with Gasteiger partial charge < -0.3 is 18.1 Å². The molecule has 192 valence electrons. The van der Waals surface area contributed by atoms with Crippen molar-refractivity contribution >= 4 is 15.6 Å². The molecule has 0 unspecified atom stereocenters. The molecule has 0 fully saturated rings. The van der Waals surface area contributed by atoms with E-state index in [1.54, 1.807) is 100 Å². The monoisotopic (exact) mass is 538 g/mol. The van der Waals surface area contributed by atoms with Crippen LogP contribution in [0.5, 0.6) is 23.0 Å². The fourth-order valence-electron chi connectivity index (χ4n) is 3.34. The lowest BCUT2D eigenvalue weighted by Gasteiger charge is -2.25. The fourth-order valence-corrected chi connectivity index (χ4v) is 6.71. The Morgan fingerprint density at radius 3 is 0.838 bits per heavy atom. The predicted octanol–water partition coefficient (Wildman–Crippen LogP) is 8.77. The zero-order valence-corrected chi connectivity index (χ0v) is 22.8. The Hall–Kier alpha value is -3.50. The minimum atomic E-state index is -4.66. The van der Waals surface area contributed by atoms with Crippen LogP contribution in [0.1, 0.15) is 22.3 Å². The van der Waals surface area contributed by atoms with Crippen molar-refractivity contribution in [2.75, 3.05) is 0 Å². The Labute approximate surface area is 217 Å². The van der Waals surface area contributed by atoms with Gasteiger partial charge in [0.05, 0.1) is 0 Å². The normalized spacial score (nSPS) is 11.6. The average molecular weight is 538 g/mol. The lowest BCUT2D eigenvalue weighted by Crippen LogP contribution is -2.11. The molecule has 0 amide bonds. The standard InChI is InChI=1S/C28H28O7P2/c1-21-13-5-9-17-25(21)31-36(29,32-26-18-10-6-14-22(26)2)35-37(30,33-27-19-11-7-15-23(27)3)34-28-20-12-8-16-24(28)4/h5-20H,1-4H3. The Kier molecular flexibility index (Phi) is 8.09. The third-order valence-electron chi connectivity index (χ3n) is 5.41. The van der Waals surface area contributed by atoms with Gasteiger partial charge in [-0.05, 0) is 74.2 Å². The van der Waals surface area contributed by atoms with Crippen LogP contribution in [0.25, 0.3) is 0 Å². The van der Waals surface area contributed by atoms with E-state index < -0.39 is 15.6 Å². The maximum atomic E-state index is 14.2. The summed E-state index contributed by atoms with van der Waals surface area (Å²) < 4.78 is 57.3. The number of aryl methyl sites for hydroxylation is 4. The first kappa shape index (κ1) is 26.6. The molecule has 4 aromatic rings.